The monoisotopic (exact) mass is 368 g/mol. The highest BCUT2D eigenvalue weighted by molar-refractivity contribution is 7.10. The molecule has 0 spiro atoms. The summed E-state index contributed by atoms with van der Waals surface area (Å²) in [6.07, 6.45) is 10.7. The zero-order chi connectivity index (χ0) is 18.4. The summed E-state index contributed by atoms with van der Waals surface area (Å²) in [4.78, 5) is 4.31. The van der Waals surface area contributed by atoms with Gasteiger partial charge < -0.3 is 14.8 Å². The van der Waals surface area contributed by atoms with Crippen LogP contribution in [0.25, 0.3) is 6.08 Å². The number of methoxy groups -OCH3 is 1. The van der Waals surface area contributed by atoms with Crippen molar-refractivity contribution < 1.29 is 9.47 Å². The molecule has 1 aliphatic heterocycles. The second kappa shape index (κ2) is 8.83. The molecule has 0 fully saturated rings. The molecule has 0 bridgehead atoms. The van der Waals surface area contributed by atoms with Crippen LogP contribution in [0, 0.1) is 0 Å². The normalized spacial score (nSPS) is 17.2. The highest BCUT2D eigenvalue weighted by atomic mass is 32.1. The van der Waals surface area contributed by atoms with Crippen LogP contribution < -0.4 is 14.8 Å². The fourth-order valence-corrected chi connectivity index (χ4v) is 3.52. The Labute approximate surface area is 158 Å². The van der Waals surface area contributed by atoms with E-state index in [4.69, 9.17) is 9.47 Å². The average Bonchev–Trinajstić information content (AvgIpc) is 3.17. The highest BCUT2D eigenvalue weighted by Crippen LogP contribution is 2.36. The first-order valence-corrected chi connectivity index (χ1v) is 9.52. The smallest absolute Gasteiger partial charge is 0.161 e. The first-order valence-electron chi connectivity index (χ1n) is 8.64. The summed E-state index contributed by atoms with van der Waals surface area (Å²) in [5.41, 5.74) is 3.64. The number of nitrogens with zero attached hydrogens (tertiary/aromatic N) is 1. The predicted molar refractivity (Wildman–Crippen MR) is 108 cm³/mol. The minimum Gasteiger partial charge on any atom is -0.493 e. The highest BCUT2D eigenvalue weighted by Gasteiger charge is 2.21. The van der Waals surface area contributed by atoms with Crippen LogP contribution in [0.3, 0.4) is 0 Å². The number of allylic oxidation sites excluding steroid dienone is 2. The summed E-state index contributed by atoms with van der Waals surface area (Å²) in [6, 6.07) is 4.34. The number of nitrogens with one attached hydrogen (secondary N) is 1. The molecule has 4 nitrogen and oxygen atoms in total. The van der Waals surface area contributed by atoms with Crippen LogP contribution in [0.15, 0.2) is 54.1 Å². The van der Waals surface area contributed by atoms with Gasteiger partial charge in [-0.05, 0) is 48.3 Å². The van der Waals surface area contributed by atoms with Crippen LogP contribution >= 0.6 is 11.3 Å². The number of thiazole rings is 1. The maximum absolute atomic E-state index is 5.97. The third-order valence-corrected chi connectivity index (χ3v) is 5.00. The van der Waals surface area contributed by atoms with Gasteiger partial charge in [0.1, 0.15) is 11.6 Å². The van der Waals surface area contributed by atoms with Gasteiger partial charge in [0.2, 0.25) is 0 Å². The van der Waals surface area contributed by atoms with Crippen LogP contribution in [0.2, 0.25) is 0 Å². The molecule has 0 radical (unpaired) electrons. The third kappa shape index (κ3) is 4.42. The Hall–Kier alpha value is -2.37. The number of hydrogen-bond donors (Lipinski definition) is 1. The van der Waals surface area contributed by atoms with Crippen molar-refractivity contribution in [2.24, 2.45) is 0 Å². The Balaban J connectivity index is 1.84. The summed E-state index contributed by atoms with van der Waals surface area (Å²) < 4.78 is 11.6. The van der Waals surface area contributed by atoms with Crippen LogP contribution in [0.1, 0.15) is 29.1 Å². The fourth-order valence-electron chi connectivity index (χ4n) is 2.98. The number of aromatic nitrogens is 1. The fraction of sp³-hybridized carbons (Fsp3) is 0.286. The quantitative estimate of drug-likeness (QED) is 0.728. The largest absolute Gasteiger partial charge is 0.493 e. The Morgan fingerprint density at radius 2 is 2.31 bits per heavy atom. The van der Waals surface area contributed by atoms with Crippen LogP contribution in [0.5, 0.6) is 11.5 Å². The first kappa shape index (κ1) is 18.4. The van der Waals surface area contributed by atoms with Crippen molar-refractivity contribution in [3.05, 3.63) is 70.2 Å². The number of fused-ring (bicyclic) bond motifs is 1. The van der Waals surface area contributed by atoms with E-state index in [1.165, 1.54) is 11.1 Å². The average molecular weight is 369 g/mol. The standard InChI is InChI=1S/C21H24N2O2S/c1-4-5-15(2)14-25-20-12-16-8-9-22-18(17(16)13-19(20)24-3)6-7-21-23-10-11-26-21/h4-7,10-13,18,22H,1,8-9,14H2,2-3H3/b7-6+,15-5+. The molecule has 1 N–H and O–H groups in total. The first-order chi connectivity index (χ1) is 12.7. The van der Waals surface area contributed by atoms with Gasteiger partial charge in [0.15, 0.2) is 11.5 Å². The molecule has 1 atom stereocenters. The van der Waals surface area contributed by atoms with E-state index in [-0.39, 0.29) is 6.04 Å². The van der Waals surface area contributed by atoms with E-state index in [0.717, 1.165) is 35.0 Å². The van der Waals surface area contributed by atoms with Crippen molar-refractivity contribution in [1.29, 1.82) is 0 Å². The Morgan fingerprint density at radius 1 is 1.42 bits per heavy atom. The lowest BCUT2D eigenvalue weighted by Crippen LogP contribution is -2.28. The zero-order valence-electron chi connectivity index (χ0n) is 15.2. The van der Waals surface area contributed by atoms with Gasteiger partial charge in [-0.25, -0.2) is 4.98 Å². The maximum atomic E-state index is 5.97. The molecular weight excluding hydrogens is 344 g/mol. The molecule has 1 aromatic heterocycles. The molecule has 2 heterocycles. The number of rotatable bonds is 7. The van der Waals surface area contributed by atoms with Gasteiger partial charge in [-0.3, -0.25) is 0 Å². The van der Waals surface area contributed by atoms with Crippen molar-refractivity contribution in [2.45, 2.75) is 19.4 Å². The Bertz CT molecular complexity index is 810. The molecule has 26 heavy (non-hydrogen) atoms. The minimum absolute atomic E-state index is 0.146. The Morgan fingerprint density at radius 3 is 3.04 bits per heavy atom. The van der Waals surface area contributed by atoms with Crippen LogP contribution in [-0.2, 0) is 6.42 Å². The second-order valence-corrected chi connectivity index (χ2v) is 7.08. The van der Waals surface area contributed by atoms with Crippen LogP contribution in [-0.4, -0.2) is 25.2 Å². The van der Waals surface area contributed by atoms with Crippen molar-refractivity contribution in [3.63, 3.8) is 0 Å². The summed E-state index contributed by atoms with van der Waals surface area (Å²) in [7, 11) is 1.68. The lowest BCUT2D eigenvalue weighted by atomic mass is 9.93. The second-order valence-electron chi connectivity index (χ2n) is 6.15. The minimum atomic E-state index is 0.146. The number of hydrogen-bond acceptors (Lipinski definition) is 5. The summed E-state index contributed by atoms with van der Waals surface area (Å²) in [5, 5.41) is 6.54. The van der Waals surface area contributed by atoms with Gasteiger partial charge in [-0.2, -0.15) is 0 Å². The molecule has 1 aromatic carbocycles. The van der Waals surface area contributed by atoms with Gasteiger partial charge in [0.25, 0.3) is 0 Å². The van der Waals surface area contributed by atoms with E-state index in [0.29, 0.717) is 6.61 Å². The summed E-state index contributed by atoms with van der Waals surface area (Å²) >= 11 is 1.63. The lowest BCUT2D eigenvalue weighted by molar-refractivity contribution is 0.318. The molecule has 2 aromatic rings. The van der Waals surface area contributed by atoms with E-state index in [1.807, 2.05) is 24.6 Å². The third-order valence-electron chi connectivity index (χ3n) is 4.26. The Kier molecular flexibility index (Phi) is 6.26. The van der Waals surface area contributed by atoms with E-state index >= 15 is 0 Å². The SMILES string of the molecule is C=C/C=C(\C)COc1cc2c(cc1OC)C(/C=C/c1nccs1)NCC2. The van der Waals surface area contributed by atoms with Crippen molar-refractivity contribution >= 4 is 17.4 Å². The zero-order valence-corrected chi connectivity index (χ0v) is 16.0. The molecule has 0 saturated heterocycles. The predicted octanol–water partition coefficient (Wildman–Crippen LogP) is 4.56. The van der Waals surface area contributed by atoms with Gasteiger partial charge >= 0.3 is 0 Å². The summed E-state index contributed by atoms with van der Waals surface area (Å²) in [6.45, 7) is 7.19. The van der Waals surface area contributed by atoms with Crippen LogP contribution in [0.4, 0.5) is 0 Å². The molecule has 1 unspecified atom stereocenters. The van der Waals surface area contributed by atoms with Gasteiger partial charge in [-0.15, -0.1) is 11.3 Å². The summed E-state index contributed by atoms with van der Waals surface area (Å²) in [5.74, 6) is 1.54. The lowest BCUT2D eigenvalue weighted by Gasteiger charge is -2.26. The number of benzene rings is 1. The molecular formula is C21H24N2O2S. The maximum Gasteiger partial charge on any atom is 0.161 e. The van der Waals surface area contributed by atoms with Gasteiger partial charge in [-0.1, -0.05) is 24.8 Å². The topological polar surface area (TPSA) is 43.4 Å². The van der Waals surface area contributed by atoms with E-state index in [9.17, 15) is 0 Å². The molecule has 1 aliphatic rings. The number of ether oxygens (including phenoxy) is 2. The molecule has 0 amide bonds. The molecule has 5 heteroatoms. The van der Waals surface area contributed by atoms with E-state index < -0.39 is 0 Å². The van der Waals surface area contributed by atoms with E-state index in [1.54, 1.807) is 24.5 Å². The molecule has 3 rings (SSSR count). The molecule has 0 aliphatic carbocycles. The molecule has 136 valence electrons. The van der Waals surface area contributed by atoms with Crippen molar-refractivity contribution in [3.8, 4) is 11.5 Å². The van der Waals surface area contributed by atoms with Crippen molar-refractivity contribution in [2.75, 3.05) is 20.3 Å². The van der Waals surface area contributed by atoms with Crippen molar-refractivity contribution in [1.82, 2.24) is 10.3 Å². The van der Waals surface area contributed by atoms with Gasteiger partial charge in [0, 0.05) is 18.1 Å². The van der Waals surface area contributed by atoms with E-state index in [2.05, 4.69) is 41.2 Å². The van der Waals surface area contributed by atoms with Gasteiger partial charge in [0.05, 0.1) is 13.2 Å². The molecule has 0 saturated carbocycles.